The van der Waals surface area contributed by atoms with Crippen molar-refractivity contribution in [1.29, 1.82) is 2.86 Å². The van der Waals surface area contributed by atoms with E-state index >= 15 is 0 Å². The van der Waals surface area contributed by atoms with E-state index in [0.29, 0.717) is 19.3 Å². The molecule has 0 spiro atoms. The van der Waals surface area contributed by atoms with E-state index in [-0.39, 0.29) is 12.8 Å². The number of hydrogen-bond donors (Lipinski definition) is 2. The van der Waals surface area contributed by atoms with Gasteiger partial charge in [0.1, 0.15) is 5.78 Å². The smallest absolute Gasteiger partial charge is 0.235 e. The van der Waals surface area contributed by atoms with Crippen LogP contribution in [0.4, 0.5) is 0 Å². The maximum Gasteiger partial charge on any atom is 0.235 e. The van der Waals surface area contributed by atoms with Crippen molar-refractivity contribution in [2.24, 2.45) is 5.89 Å². The molecule has 0 radical (unpaired) electrons. The van der Waals surface area contributed by atoms with Crippen molar-refractivity contribution in [3.63, 3.8) is 0 Å². The molecule has 0 aliphatic heterocycles. The number of hydrogen-bond acceptors (Lipinski definition) is 4. The van der Waals surface area contributed by atoms with Crippen LogP contribution < -0.4 is 0 Å². The number of halogens is 1. The van der Waals surface area contributed by atoms with Crippen LogP contribution in [-0.4, -0.2) is 36.3 Å². The third-order valence-corrected chi connectivity index (χ3v) is 8.27. The van der Waals surface area contributed by atoms with E-state index in [4.69, 9.17) is 18.6 Å². The van der Waals surface area contributed by atoms with Crippen LogP contribution in [0.2, 0.25) is 0 Å². The number of rotatable bonds is 34. The van der Waals surface area contributed by atoms with Crippen LogP contribution >= 0.6 is 11.6 Å². The van der Waals surface area contributed by atoms with E-state index in [2.05, 4.69) is 24.1 Å². The standard InChI is InChI=1S/C35H67ClO4/c1-3-5-7-9-11-13-15-17-19-21-23-25-27-29-33(37)32(31-36)35(39,40)34(38)30-28-26-24-22-20-18-16-14-12-10-8-6-4-2/h32,39-40H,3-31H2,1-2H3/i31D2,32D,39D,40D. The first-order chi connectivity index (χ1) is 21.6. The Morgan fingerprint density at radius 1 is 0.600 bits per heavy atom. The van der Waals surface area contributed by atoms with E-state index in [0.717, 1.165) is 44.9 Å². The number of ketones is 2. The molecule has 0 heterocycles. The summed E-state index contributed by atoms with van der Waals surface area (Å²) in [5.74, 6) is -11.2. The fraction of sp³-hybridized carbons (Fsp3) is 0.943. The van der Waals surface area contributed by atoms with Gasteiger partial charge < -0.3 is 10.2 Å². The summed E-state index contributed by atoms with van der Waals surface area (Å²) in [6.07, 6.45) is 28.5. The maximum absolute atomic E-state index is 13.3. The molecule has 0 aromatic heterocycles. The van der Waals surface area contributed by atoms with Crippen molar-refractivity contribution in [1.82, 2.24) is 0 Å². The van der Waals surface area contributed by atoms with Gasteiger partial charge >= 0.3 is 0 Å². The van der Waals surface area contributed by atoms with Crippen LogP contribution in [-0.2, 0) is 9.59 Å². The van der Waals surface area contributed by atoms with Gasteiger partial charge in [-0.1, -0.05) is 168 Å². The lowest BCUT2D eigenvalue weighted by atomic mass is 9.87. The molecule has 238 valence electrons. The molecule has 0 saturated carbocycles. The average molecular weight is 592 g/mol. The number of carbonyl (C=O) groups excluding carboxylic acids is 2. The van der Waals surface area contributed by atoms with E-state index in [1.54, 1.807) is 0 Å². The molecule has 5 heteroatoms. The molecule has 0 aliphatic rings. The lowest BCUT2D eigenvalue weighted by molar-refractivity contribution is -0.201. The van der Waals surface area contributed by atoms with Crippen molar-refractivity contribution in [3.8, 4) is 0 Å². The highest BCUT2D eigenvalue weighted by Gasteiger charge is 2.44. The molecule has 40 heavy (non-hydrogen) atoms. The molecular formula is C35H67ClO4. The maximum atomic E-state index is 13.3. The molecule has 1 atom stereocenters. The minimum absolute atomic E-state index is 0.199. The van der Waals surface area contributed by atoms with Crippen molar-refractivity contribution >= 4 is 23.2 Å². The minimum Gasteiger partial charge on any atom is -0.359 e. The summed E-state index contributed by atoms with van der Waals surface area (Å²) in [7, 11) is 0. The molecular weight excluding hydrogens is 520 g/mol. The Hall–Kier alpha value is -0.450. The Kier molecular flexibility index (Phi) is 22.2. The first kappa shape index (κ1) is 31.0. The molecule has 0 aromatic carbocycles. The van der Waals surface area contributed by atoms with Crippen LogP contribution in [0.5, 0.6) is 0 Å². The predicted octanol–water partition coefficient (Wildman–Crippen LogP) is 10.6. The third-order valence-electron chi connectivity index (χ3n) is 8.08. The van der Waals surface area contributed by atoms with Crippen molar-refractivity contribution < 1.29 is 23.9 Å². The zero-order chi connectivity index (χ0) is 33.9. The molecule has 4 nitrogen and oxygen atoms in total. The second-order valence-corrected chi connectivity index (χ2v) is 12.1. The summed E-state index contributed by atoms with van der Waals surface area (Å²) in [4.78, 5) is 26.5. The lowest BCUT2D eigenvalue weighted by Gasteiger charge is -2.27. The largest absolute Gasteiger partial charge is 0.359 e. The zero-order valence-corrected chi connectivity index (χ0v) is 27.1. The number of aliphatic hydroxyl groups is 2. The predicted molar refractivity (Wildman–Crippen MR) is 172 cm³/mol. The Morgan fingerprint density at radius 3 is 1.20 bits per heavy atom. The van der Waals surface area contributed by atoms with Gasteiger partial charge in [0.15, 0.2) is 5.78 Å². The van der Waals surface area contributed by atoms with Gasteiger partial charge in [-0.05, 0) is 12.8 Å². The number of Topliss-reactive ketones (excluding diaryl/α,β-unsaturated/α-hetero) is 2. The van der Waals surface area contributed by atoms with Gasteiger partial charge in [0, 0.05) is 22.8 Å². The quantitative estimate of drug-likeness (QED) is 0.0443. The highest BCUT2D eigenvalue weighted by molar-refractivity contribution is 6.20. The summed E-state index contributed by atoms with van der Waals surface area (Å²) in [5.41, 5.74) is 0. The summed E-state index contributed by atoms with van der Waals surface area (Å²) in [5, 5.41) is 9.00. The monoisotopic (exact) mass is 592 g/mol. The lowest BCUT2D eigenvalue weighted by Crippen LogP contribution is -2.50. The second kappa shape index (κ2) is 28.7. The molecule has 0 fully saturated rings. The van der Waals surface area contributed by atoms with Gasteiger partial charge in [-0.25, -0.2) is 0 Å². The van der Waals surface area contributed by atoms with Gasteiger partial charge in [-0.2, -0.15) is 0 Å². The Bertz CT molecular complexity index is 733. The third kappa shape index (κ3) is 22.2. The fourth-order valence-corrected chi connectivity index (χ4v) is 5.56. The van der Waals surface area contributed by atoms with Crippen LogP contribution in [0.15, 0.2) is 0 Å². The van der Waals surface area contributed by atoms with Crippen molar-refractivity contribution in [2.75, 3.05) is 5.83 Å². The molecule has 0 saturated heterocycles. The first-order valence-corrected chi connectivity index (χ1v) is 17.5. The van der Waals surface area contributed by atoms with Crippen LogP contribution in [0.3, 0.4) is 0 Å². The van der Waals surface area contributed by atoms with Crippen molar-refractivity contribution in [2.45, 2.75) is 199 Å². The minimum atomic E-state index is -3.10. The highest BCUT2D eigenvalue weighted by Crippen LogP contribution is 2.24. The molecule has 0 aromatic rings. The van der Waals surface area contributed by atoms with Crippen LogP contribution in [0, 0.1) is 5.89 Å². The Labute approximate surface area is 261 Å². The SMILES string of the molecule is [2H]OC(O[2H])(C(=O)CCCCCCCCCCCCCCC)C([2H])(C(=O)CCCCCCCCCCCCCCC)C([2H])([2H])Cl. The van der Waals surface area contributed by atoms with Gasteiger partial charge in [0.05, 0.1) is 5.89 Å². The molecule has 2 N–H and O–H groups in total. The number of carbonyl (C=O) groups is 2. The highest BCUT2D eigenvalue weighted by atomic mass is 35.5. The second-order valence-electron chi connectivity index (χ2n) is 11.9. The summed E-state index contributed by atoms with van der Waals surface area (Å²) >= 11 is 5.91. The number of alkyl halides is 1. The van der Waals surface area contributed by atoms with E-state index in [9.17, 15) is 9.59 Å². The molecule has 1 unspecified atom stereocenters. The fourth-order valence-electron chi connectivity index (χ4n) is 5.33. The van der Waals surface area contributed by atoms with E-state index in [1.165, 1.54) is 103 Å². The number of unbranched alkanes of at least 4 members (excludes halogenated alkanes) is 24. The molecule has 0 aliphatic carbocycles. The topological polar surface area (TPSA) is 74.6 Å². The zero-order valence-electron chi connectivity index (χ0n) is 31.3. The van der Waals surface area contributed by atoms with Crippen LogP contribution in [0.25, 0.3) is 0 Å². The van der Waals surface area contributed by atoms with Crippen molar-refractivity contribution in [3.05, 3.63) is 0 Å². The normalized spacial score (nSPS) is 15.5. The van der Waals surface area contributed by atoms with Crippen LogP contribution in [0.1, 0.15) is 198 Å². The molecule has 0 amide bonds. The van der Waals surface area contributed by atoms with Gasteiger partial charge in [-0.15, -0.1) is 11.6 Å². The van der Waals surface area contributed by atoms with Gasteiger partial charge in [0.2, 0.25) is 8.65 Å². The average Bonchev–Trinajstić information content (AvgIpc) is 3.01. The molecule has 0 rings (SSSR count). The van der Waals surface area contributed by atoms with E-state index in [1.807, 2.05) is 0 Å². The first-order valence-electron chi connectivity index (χ1n) is 19.4. The van der Waals surface area contributed by atoms with E-state index < -0.39 is 29.1 Å². The Morgan fingerprint density at radius 2 is 0.900 bits per heavy atom. The summed E-state index contributed by atoms with van der Waals surface area (Å²) in [6.45, 7) is 4.45. The summed E-state index contributed by atoms with van der Waals surface area (Å²) in [6, 6.07) is 0. The van der Waals surface area contributed by atoms with Gasteiger partial charge in [-0.3, -0.25) is 9.59 Å². The molecule has 0 bridgehead atoms. The van der Waals surface area contributed by atoms with Gasteiger partial charge in [0.25, 0.3) is 0 Å². The Balaban J connectivity index is 4.60. The summed E-state index contributed by atoms with van der Waals surface area (Å²) < 4.78 is 40.0.